The highest BCUT2D eigenvalue weighted by molar-refractivity contribution is 7.89. The third-order valence-electron chi connectivity index (χ3n) is 10.1. The zero-order chi connectivity index (χ0) is 37.8. The van der Waals surface area contributed by atoms with E-state index in [1.165, 1.54) is 42.5 Å². The Morgan fingerprint density at radius 1 is 1.08 bits per heavy atom. The minimum Gasteiger partial charge on any atom is -0.481 e. The molecule has 0 bridgehead atoms. The summed E-state index contributed by atoms with van der Waals surface area (Å²) in [4.78, 5) is 28.6. The number of primary amides is 1. The van der Waals surface area contributed by atoms with Gasteiger partial charge < -0.3 is 20.3 Å². The van der Waals surface area contributed by atoms with Crippen LogP contribution in [0.1, 0.15) is 78.4 Å². The molecule has 52 heavy (non-hydrogen) atoms. The van der Waals surface area contributed by atoms with Crippen LogP contribution in [0.25, 0.3) is 5.65 Å². The molecule has 13 nitrogen and oxygen atoms in total. The predicted octanol–water partition coefficient (Wildman–Crippen LogP) is 4.55. The number of halogens is 3. The molecule has 1 fully saturated rings. The molecule has 0 unspecified atom stereocenters. The molecule has 4 aromatic rings. The van der Waals surface area contributed by atoms with Gasteiger partial charge in [0.05, 0.1) is 25.2 Å². The third-order valence-corrected chi connectivity index (χ3v) is 11.9. The van der Waals surface area contributed by atoms with E-state index >= 15 is 0 Å². The number of aliphatic carboxylic acids is 1. The number of hydrogen-bond acceptors (Lipinski definition) is 9. The molecule has 6 rings (SSSR count). The van der Waals surface area contributed by atoms with Crippen molar-refractivity contribution in [1.82, 2.24) is 23.9 Å². The number of rotatable bonds is 9. The molecule has 1 amide bonds. The summed E-state index contributed by atoms with van der Waals surface area (Å²) in [5.74, 6) is -3.83. The van der Waals surface area contributed by atoms with Gasteiger partial charge in [-0.15, -0.1) is 10.2 Å². The van der Waals surface area contributed by atoms with Crippen molar-refractivity contribution < 1.29 is 45.8 Å². The number of carbonyl (C=O) groups is 2. The first kappa shape index (κ1) is 37.2. The lowest BCUT2D eigenvalue weighted by molar-refractivity contribution is -0.147. The Kier molecular flexibility index (Phi) is 9.59. The Morgan fingerprint density at radius 2 is 1.79 bits per heavy atom. The van der Waals surface area contributed by atoms with Crippen molar-refractivity contribution >= 4 is 27.5 Å². The smallest absolute Gasteiger partial charge is 0.452 e. The number of carboxylic acids is 1. The third kappa shape index (κ3) is 6.84. The minimum atomic E-state index is -4.76. The summed E-state index contributed by atoms with van der Waals surface area (Å²) in [6.07, 6.45) is -2.56. The Labute approximate surface area is 298 Å². The van der Waals surface area contributed by atoms with E-state index in [2.05, 4.69) is 15.2 Å². The van der Waals surface area contributed by atoms with Crippen LogP contribution in [0, 0.1) is 19.3 Å². The molecule has 0 saturated carbocycles. The second kappa shape index (κ2) is 13.4. The predicted molar refractivity (Wildman–Crippen MR) is 180 cm³/mol. The fraction of sp³-hybridized carbons (Fsp3) is 0.457. The maximum Gasteiger partial charge on any atom is 0.452 e. The number of amides is 1. The summed E-state index contributed by atoms with van der Waals surface area (Å²) < 4.78 is 84.0. The number of hydrogen-bond donors (Lipinski definition) is 2. The average molecular weight is 745 g/mol. The van der Waals surface area contributed by atoms with Crippen LogP contribution in [0.3, 0.4) is 0 Å². The van der Waals surface area contributed by atoms with Crippen molar-refractivity contribution in [2.45, 2.75) is 82.5 Å². The zero-order valence-corrected chi connectivity index (χ0v) is 29.8. The summed E-state index contributed by atoms with van der Waals surface area (Å²) in [5.41, 5.74) is 5.85. The first-order chi connectivity index (χ1) is 24.3. The van der Waals surface area contributed by atoms with Gasteiger partial charge in [0, 0.05) is 43.6 Å². The average Bonchev–Trinajstić information content (AvgIpc) is 3.49. The largest absolute Gasteiger partial charge is 0.481 e. The summed E-state index contributed by atoms with van der Waals surface area (Å²) >= 11 is 0. The monoisotopic (exact) mass is 744 g/mol. The van der Waals surface area contributed by atoms with Crippen molar-refractivity contribution in [3.8, 4) is 5.88 Å². The molecule has 278 valence electrons. The highest BCUT2D eigenvalue weighted by Gasteiger charge is 2.46. The van der Waals surface area contributed by atoms with Gasteiger partial charge in [-0.1, -0.05) is 18.2 Å². The molecule has 1 saturated heterocycles. The fourth-order valence-electron chi connectivity index (χ4n) is 7.00. The van der Waals surface area contributed by atoms with Gasteiger partial charge in [-0.25, -0.2) is 13.4 Å². The number of ether oxygens (including phenoxy) is 2. The number of sulfonamides is 1. The number of alkyl halides is 3. The lowest BCUT2D eigenvalue weighted by Gasteiger charge is -2.38. The van der Waals surface area contributed by atoms with Crippen LogP contribution in [-0.2, 0) is 43.5 Å². The summed E-state index contributed by atoms with van der Waals surface area (Å²) in [7, 11) is -4.22. The number of fused-ring (bicyclic) bond motifs is 2. The van der Waals surface area contributed by atoms with Crippen molar-refractivity contribution in [2.75, 3.05) is 19.8 Å². The molecule has 1 aromatic carbocycles. The lowest BCUT2D eigenvalue weighted by Crippen LogP contribution is -2.50. The number of nitrogens with zero attached hydrogens (tertiary/aromatic N) is 5. The van der Waals surface area contributed by atoms with Gasteiger partial charge in [-0.2, -0.15) is 17.5 Å². The quantitative estimate of drug-likeness (QED) is 0.247. The van der Waals surface area contributed by atoms with E-state index in [1.807, 2.05) is 6.92 Å². The lowest BCUT2D eigenvalue weighted by atomic mass is 9.70. The molecule has 2 aliphatic heterocycles. The highest BCUT2D eigenvalue weighted by atomic mass is 32.2. The van der Waals surface area contributed by atoms with Crippen LogP contribution in [0.15, 0.2) is 47.5 Å². The first-order valence-electron chi connectivity index (χ1n) is 16.6. The van der Waals surface area contributed by atoms with E-state index < -0.39 is 50.8 Å². The molecule has 17 heteroatoms. The molecule has 0 aliphatic carbocycles. The standard InChI is InChI=1S/C35H39F3N6O7S/c1-20-5-6-22(28(33(3,4)32(46)47)25-11-14-44-29(21(25)2)41-42-31(44)35(36,37)38)17-23(20)18-43-19-34(12-15-50-16-13-34)51-30-26(52(43,48)49)9-7-24(40-30)8-10-27(39)45/h5-7,9,11,14,17,28H,8,10,12-13,15-16,18-19H2,1-4H3,(H2,39,45)(H,46,47)/t28-/m0/s1. The maximum absolute atomic E-state index is 14.4. The molecular weight excluding hydrogens is 705 g/mol. The van der Waals surface area contributed by atoms with E-state index in [1.54, 1.807) is 25.1 Å². The Morgan fingerprint density at radius 3 is 2.44 bits per heavy atom. The number of aryl methyl sites for hydroxylation is 3. The van der Waals surface area contributed by atoms with Crippen LogP contribution >= 0.6 is 0 Å². The number of carboxylic acid groups (broad SMARTS) is 1. The Balaban J connectivity index is 1.44. The van der Waals surface area contributed by atoms with E-state index in [0.717, 1.165) is 9.96 Å². The second-order valence-corrected chi connectivity index (χ2v) is 15.9. The first-order valence-corrected chi connectivity index (χ1v) is 18.1. The van der Waals surface area contributed by atoms with E-state index in [0.29, 0.717) is 54.0 Å². The summed E-state index contributed by atoms with van der Waals surface area (Å²) in [6.45, 7) is 6.99. The minimum absolute atomic E-state index is 0.0242. The van der Waals surface area contributed by atoms with Crippen LogP contribution in [0.4, 0.5) is 13.2 Å². The molecule has 3 N–H and O–H groups in total. The molecule has 0 radical (unpaired) electrons. The normalized spacial score (nSPS) is 18.1. The number of aromatic nitrogens is 4. The van der Waals surface area contributed by atoms with Crippen LogP contribution in [0.2, 0.25) is 0 Å². The maximum atomic E-state index is 14.4. The second-order valence-electron chi connectivity index (χ2n) is 14.0. The van der Waals surface area contributed by atoms with E-state index in [4.69, 9.17) is 15.2 Å². The van der Waals surface area contributed by atoms with Gasteiger partial charge in [0.2, 0.25) is 27.6 Å². The topological polar surface area (TPSA) is 179 Å². The molecule has 2 aliphatic rings. The van der Waals surface area contributed by atoms with Crippen molar-refractivity contribution in [3.05, 3.63) is 81.9 Å². The molecule has 3 aromatic heterocycles. The van der Waals surface area contributed by atoms with Gasteiger partial charge in [0.15, 0.2) is 5.65 Å². The summed E-state index contributed by atoms with van der Waals surface area (Å²) in [6, 6.07) is 9.66. The highest BCUT2D eigenvalue weighted by Crippen LogP contribution is 2.45. The summed E-state index contributed by atoms with van der Waals surface area (Å²) in [5, 5.41) is 17.6. The van der Waals surface area contributed by atoms with Gasteiger partial charge in [-0.05, 0) is 80.1 Å². The van der Waals surface area contributed by atoms with Gasteiger partial charge in [0.1, 0.15) is 10.5 Å². The molecule has 1 atom stereocenters. The van der Waals surface area contributed by atoms with Crippen LogP contribution < -0.4 is 10.5 Å². The number of carbonyl (C=O) groups excluding carboxylic acids is 1. The number of benzene rings is 1. The molecular formula is C35H39F3N6O7S. The van der Waals surface area contributed by atoms with Gasteiger partial charge in [-0.3, -0.25) is 14.0 Å². The fourth-order valence-corrected chi connectivity index (χ4v) is 8.54. The Hall–Kier alpha value is -4.61. The number of nitrogens with two attached hydrogens (primary N) is 1. The molecule has 5 heterocycles. The Bertz CT molecular complexity index is 2160. The van der Waals surface area contributed by atoms with Crippen molar-refractivity contribution in [2.24, 2.45) is 11.1 Å². The van der Waals surface area contributed by atoms with Crippen molar-refractivity contribution in [3.63, 3.8) is 0 Å². The SMILES string of the molecule is Cc1ccc([C@@H](c2ccn3c(C(F)(F)F)nnc3c2C)C(C)(C)C(=O)O)cc1CN1CC2(CCOCC2)Oc2nc(CCC(N)=O)ccc2S1(=O)=O. The van der Waals surface area contributed by atoms with Gasteiger partial charge in [0.25, 0.3) is 0 Å². The number of pyridine rings is 2. The van der Waals surface area contributed by atoms with Crippen LogP contribution in [0.5, 0.6) is 5.88 Å². The molecule has 1 spiro atoms. The van der Waals surface area contributed by atoms with E-state index in [9.17, 15) is 36.3 Å². The van der Waals surface area contributed by atoms with E-state index in [-0.39, 0.29) is 42.4 Å². The van der Waals surface area contributed by atoms with Crippen molar-refractivity contribution in [1.29, 1.82) is 0 Å². The van der Waals surface area contributed by atoms with Gasteiger partial charge >= 0.3 is 12.1 Å². The van der Waals surface area contributed by atoms with Crippen LogP contribution in [-0.4, -0.2) is 74.6 Å². The zero-order valence-electron chi connectivity index (χ0n) is 29.0.